The molecule has 1 heterocycles. The Hall–Kier alpha value is -2.86. The molecule has 1 amide bonds. The van der Waals surface area contributed by atoms with Gasteiger partial charge in [0.1, 0.15) is 5.84 Å². The van der Waals surface area contributed by atoms with Crippen LogP contribution in [-0.2, 0) is 4.79 Å². The van der Waals surface area contributed by atoms with Gasteiger partial charge in [-0.05, 0) is 53.1 Å². The SMILES string of the molecule is CC(=O)Nc1ccc(C(c2ccc(Cl)cc2)c2ccc(Cl)cc2)cc1C(=N)N1CCNCC1. The van der Waals surface area contributed by atoms with E-state index in [0.717, 1.165) is 42.9 Å². The first-order chi connectivity index (χ1) is 15.9. The van der Waals surface area contributed by atoms with Crippen LogP contribution in [0.3, 0.4) is 0 Å². The predicted octanol–water partition coefficient (Wildman–Crippen LogP) is 5.36. The van der Waals surface area contributed by atoms with Crippen LogP contribution in [-0.4, -0.2) is 42.8 Å². The molecule has 7 heteroatoms. The monoisotopic (exact) mass is 480 g/mol. The van der Waals surface area contributed by atoms with Gasteiger partial charge in [-0.3, -0.25) is 10.2 Å². The number of amides is 1. The van der Waals surface area contributed by atoms with Gasteiger partial charge in [0.05, 0.1) is 5.69 Å². The van der Waals surface area contributed by atoms with E-state index in [1.54, 1.807) is 0 Å². The maximum atomic E-state index is 11.9. The quantitative estimate of drug-likeness (QED) is 0.261. The molecule has 1 saturated heterocycles. The topological polar surface area (TPSA) is 68.2 Å². The van der Waals surface area contributed by atoms with Gasteiger partial charge in [-0.2, -0.15) is 0 Å². The molecule has 3 N–H and O–H groups in total. The van der Waals surface area contributed by atoms with E-state index in [4.69, 9.17) is 28.6 Å². The average molecular weight is 481 g/mol. The van der Waals surface area contributed by atoms with Gasteiger partial charge in [0.15, 0.2) is 0 Å². The average Bonchev–Trinajstić information content (AvgIpc) is 2.82. The minimum atomic E-state index is -0.163. The minimum absolute atomic E-state index is 0.0829. The Morgan fingerprint density at radius 1 is 0.909 bits per heavy atom. The summed E-state index contributed by atoms with van der Waals surface area (Å²) in [5, 5.41) is 16.5. The third-order valence-corrected chi connectivity index (χ3v) is 6.29. The summed E-state index contributed by atoms with van der Waals surface area (Å²) in [4.78, 5) is 13.9. The van der Waals surface area contributed by atoms with E-state index in [0.29, 0.717) is 27.1 Å². The Bertz CT molecular complexity index is 1090. The molecule has 0 saturated carbocycles. The number of carbonyl (C=O) groups excluding carboxylic acids is 1. The van der Waals surface area contributed by atoms with Crippen LogP contribution in [0.4, 0.5) is 5.69 Å². The number of nitrogens with zero attached hydrogens (tertiary/aromatic N) is 1. The summed E-state index contributed by atoms with van der Waals surface area (Å²) in [6.45, 7) is 4.64. The summed E-state index contributed by atoms with van der Waals surface area (Å²) in [5.74, 6) is 0.164. The van der Waals surface area contributed by atoms with Crippen LogP contribution in [0.1, 0.15) is 35.1 Å². The second-order valence-corrected chi connectivity index (χ2v) is 8.98. The Morgan fingerprint density at radius 3 is 1.94 bits per heavy atom. The first-order valence-corrected chi connectivity index (χ1v) is 11.6. The maximum absolute atomic E-state index is 11.9. The summed E-state index contributed by atoms with van der Waals surface area (Å²) in [6, 6.07) is 21.5. The van der Waals surface area contributed by atoms with Crippen molar-refractivity contribution in [1.29, 1.82) is 5.41 Å². The molecule has 0 atom stereocenters. The molecule has 4 rings (SSSR count). The van der Waals surface area contributed by atoms with E-state index >= 15 is 0 Å². The standard InChI is InChI=1S/C26H26Cl2N4O/c1-17(33)31-24-11-6-20(16-23(24)26(29)32-14-12-30-13-15-32)25(18-2-7-21(27)8-3-18)19-4-9-22(28)10-5-19/h2-11,16,25,29-30H,12-15H2,1H3,(H,31,33). The van der Waals surface area contributed by atoms with Crippen molar-refractivity contribution in [3.05, 3.63) is 99.0 Å². The van der Waals surface area contributed by atoms with Crippen molar-refractivity contribution in [2.45, 2.75) is 12.8 Å². The number of rotatable bonds is 5. The molecular weight excluding hydrogens is 455 g/mol. The van der Waals surface area contributed by atoms with Crippen LogP contribution in [0.2, 0.25) is 10.0 Å². The zero-order chi connectivity index (χ0) is 23.4. The second kappa shape index (κ2) is 10.4. The lowest BCUT2D eigenvalue weighted by Gasteiger charge is -2.31. The number of hydrogen-bond donors (Lipinski definition) is 3. The second-order valence-electron chi connectivity index (χ2n) is 8.11. The van der Waals surface area contributed by atoms with Crippen LogP contribution in [0.5, 0.6) is 0 Å². The van der Waals surface area contributed by atoms with Crippen LogP contribution in [0, 0.1) is 5.41 Å². The molecule has 33 heavy (non-hydrogen) atoms. The van der Waals surface area contributed by atoms with Crippen LogP contribution in [0.15, 0.2) is 66.7 Å². The number of benzene rings is 3. The summed E-state index contributed by atoms with van der Waals surface area (Å²) in [5.41, 5.74) is 4.52. The van der Waals surface area contributed by atoms with Crippen molar-refractivity contribution in [3.63, 3.8) is 0 Å². The Balaban J connectivity index is 1.82. The molecule has 0 unspecified atom stereocenters. The van der Waals surface area contributed by atoms with Gasteiger partial charge < -0.3 is 15.5 Å². The van der Waals surface area contributed by atoms with E-state index in [1.165, 1.54) is 6.92 Å². The molecular formula is C26H26Cl2N4O. The van der Waals surface area contributed by atoms with Crippen molar-refractivity contribution < 1.29 is 4.79 Å². The largest absolute Gasteiger partial charge is 0.354 e. The zero-order valence-corrected chi connectivity index (χ0v) is 19.9. The molecule has 0 bridgehead atoms. The number of amidine groups is 1. The van der Waals surface area contributed by atoms with Crippen LogP contribution < -0.4 is 10.6 Å². The summed E-state index contributed by atoms with van der Waals surface area (Å²) in [6.07, 6.45) is 0. The van der Waals surface area contributed by atoms with Crippen molar-refractivity contribution >= 4 is 40.6 Å². The van der Waals surface area contributed by atoms with Crippen LogP contribution in [0.25, 0.3) is 0 Å². The first-order valence-electron chi connectivity index (χ1n) is 10.9. The predicted molar refractivity (Wildman–Crippen MR) is 136 cm³/mol. The number of halogens is 2. The van der Waals surface area contributed by atoms with Gasteiger partial charge in [0, 0.05) is 54.6 Å². The van der Waals surface area contributed by atoms with E-state index in [2.05, 4.69) is 10.6 Å². The Labute approximate surface area is 204 Å². The first kappa shape index (κ1) is 23.3. The lowest BCUT2D eigenvalue weighted by atomic mass is 9.84. The van der Waals surface area contributed by atoms with Crippen molar-refractivity contribution in [3.8, 4) is 0 Å². The van der Waals surface area contributed by atoms with Gasteiger partial charge >= 0.3 is 0 Å². The summed E-state index contributed by atoms with van der Waals surface area (Å²) < 4.78 is 0. The summed E-state index contributed by atoms with van der Waals surface area (Å²) in [7, 11) is 0. The molecule has 3 aromatic rings. The minimum Gasteiger partial charge on any atom is -0.354 e. The third-order valence-electron chi connectivity index (χ3n) is 5.78. The number of nitrogens with one attached hydrogen (secondary N) is 3. The van der Waals surface area contributed by atoms with E-state index in [9.17, 15) is 4.79 Å². The lowest BCUT2D eigenvalue weighted by molar-refractivity contribution is -0.114. The molecule has 3 aromatic carbocycles. The van der Waals surface area contributed by atoms with Gasteiger partial charge in [-0.1, -0.05) is 53.5 Å². The highest BCUT2D eigenvalue weighted by Crippen LogP contribution is 2.35. The van der Waals surface area contributed by atoms with E-state index in [-0.39, 0.29) is 11.8 Å². The van der Waals surface area contributed by atoms with Gasteiger partial charge in [0.2, 0.25) is 5.91 Å². The third kappa shape index (κ3) is 5.56. The fraction of sp³-hybridized carbons (Fsp3) is 0.231. The van der Waals surface area contributed by atoms with Gasteiger partial charge in [-0.25, -0.2) is 0 Å². The fourth-order valence-electron chi connectivity index (χ4n) is 4.18. The number of anilines is 1. The fourth-order valence-corrected chi connectivity index (χ4v) is 4.43. The number of piperazine rings is 1. The lowest BCUT2D eigenvalue weighted by Crippen LogP contribution is -2.46. The highest BCUT2D eigenvalue weighted by molar-refractivity contribution is 6.30. The Kier molecular flexibility index (Phi) is 7.33. The number of carbonyl (C=O) groups is 1. The normalized spacial score (nSPS) is 13.8. The molecule has 170 valence electrons. The summed E-state index contributed by atoms with van der Waals surface area (Å²) >= 11 is 12.3. The molecule has 1 fully saturated rings. The Morgan fingerprint density at radius 2 is 1.42 bits per heavy atom. The van der Waals surface area contributed by atoms with Gasteiger partial charge in [0.25, 0.3) is 0 Å². The van der Waals surface area contributed by atoms with E-state index in [1.807, 2.05) is 71.6 Å². The van der Waals surface area contributed by atoms with Crippen molar-refractivity contribution in [2.75, 3.05) is 31.5 Å². The maximum Gasteiger partial charge on any atom is 0.221 e. The van der Waals surface area contributed by atoms with Crippen LogP contribution >= 0.6 is 23.2 Å². The zero-order valence-electron chi connectivity index (χ0n) is 18.4. The molecule has 0 aliphatic carbocycles. The number of hydrogen-bond acceptors (Lipinski definition) is 3. The smallest absolute Gasteiger partial charge is 0.221 e. The highest BCUT2D eigenvalue weighted by atomic mass is 35.5. The highest BCUT2D eigenvalue weighted by Gasteiger charge is 2.22. The molecule has 5 nitrogen and oxygen atoms in total. The van der Waals surface area contributed by atoms with E-state index < -0.39 is 0 Å². The van der Waals surface area contributed by atoms with Gasteiger partial charge in [-0.15, -0.1) is 0 Å². The van der Waals surface area contributed by atoms with Crippen molar-refractivity contribution in [2.24, 2.45) is 0 Å². The molecule has 1 aliphatic heterocycles. The van der Waals surface area contributed by atoms with Crippen molar-refractivity contribution in [1.82, 2.24) is 10.2 Å². The molecule has 1 aliphatic rings. The molecule has 0 radical (unpaired) electrons. The molecule has 0 spiro atoms. The molecule has 0 aromatic heterocycles.